The Balaban J connectivity index is 1.55. The molecule has 0 saturated carbocycles. The summed E-state index contributed by atoms with van der Waals surface area (Å²) in [6.45, 7) is 1.47. The molecule has 3 aromatic rings. The van der Waals surface area contributed by atoms with Crippen LogP contribution in [0.15, 0.2) is 72.8 Å². The van der Waals surface area contributed by atoms with Crippen molar-refractivity contribution >= 4 is 11.6 Å². The maximum atomic E-state index is 13.2. The third-order valence-corrected chi connectivity index (χ3v) is 5.55. The van der Waals surface area contributed by atoms with Crippen LogP contribution in [0.1, 0.15) is 27.7 Å². The van der Waals surface area contributed by atoms with Gasteiger partial charge in [0.25, 0.3) is 5.91 Å². The van der Waals surface area contributed by atoms with Gasteiger partial charge in [-0.25, -0.2) is 0 Å². The van der Waals surface area contributed by atoms with E-state index in [0.29, 0.717) is 36.8 Å². The van der Waals surface area contributed by atoms with Crippen molar-refractivity contribution in [1.82, 2.24) is 4.90 Å². The monoisotopic (exact) mass is 432 g/mol. The number of anilines is 1. The molecule has 32 heavy (non-hydrogen) atoms. The van der Waals surface area contributed by atoms with Crippen LogP contribution in [0, 0.1) is 0 Å². The lowest BCUT2D eigenvalue weighted by molar-refractivity contribution is 0.0609. The Bertz CT molecular complexity index is 1050. The largest absolute Gasteiger partial charge is 0.493 e. The van der Waals surface area contributed by atoms with Gasteiger partial charge in [0.15, 0.2) is 11.5 Å². The number of hydrogen-bond acceptors (Lipinski definition) is 5. The number of amides is 1. The number of carbonyl (C=O) groups is 1. The lowest BCUT2D eigenvalue weighted by atomic mass is 10.0. The highest BCUT2D eigenvalue weighted by atomic mass is 16.5. The smallest absolute Gasteiger partial charge is 0.257 e. The Hall–Kier alpha value is -3.51. The Kier molecular flexibility index (Phi) is 6.92. The summed E-state index contributed by atoms with van der Waals surface area (Å²) < 4.78 is 16.9. The number of benzene rings is 3. The van der Waals surface area contributed by atoms with E-state index in [-0.39, 0.29) is 12.1 Å². The van der Waals surface area contributed by atoms with Crippen LogP contribution in [0.5, 0.6) is 11.5 Å². The van der Waals surface area contributed by atoms with Gasteiger partial charge in [-0.2, -0.15) is 0 Å². The first-order chi connectivity index (χ1) is 15.7. The summed E-state index contributed by atoms with van der Waals surface area (Å²) in [7, 11) is 3.26. The first-order valence-electron chi connectivity index (χ1n) is 10.7. The molecule has 4 rings (SSSR count). The van der Waals surface area contributed by atoms with Crippen LogP contribution in [-0.2, 0) is 11.2 Å². The van der Waals surface area contributed by atoms with Gasteiger partial charge in [-0.1, -0.05) is 48.5 Å². The van der Waals surface area contributed by atoms with Crippen molar-refractivity contribution in [1.29, 1.82) is 0 Å². The van der Waals surface area contributed by atoms with Crippen molar-refractivity contribution in [3.63, 3.8) is 0 Å². The molecule has 0 bridgehead atoms. The minimum Gasteiger partial charge on any atom is -0.493 e. The zero-order chi connectivity index (χ0) is 22.3. The van der Waals surface area contributed by atoms with Gasteiger partial charge in [-0.15, -0.1) is 0 Å². The number of carbonyl (C=O) groups excluding carboxylic acids is 1. The third-order valence-electron chi connectivity index (χ3n) is 5.55. The molecule has 0 aliphatic carbocycles. The predicted molar refractivity (Wildman–Crippen MR) is 124 cm³/mol. The summed E-state index contributed by atoms with van der Waals surface area (Å²) in [6, 6.07) is 23.6. The van der Waals surface area contributed by atoms with Gasteiger partial charge in [0, 0.05) is 25.8 Å². The number of nitrogens with zero attached hydrogens (tertiary/aromatic N) is 1. The van der Waals surface area contributed by atoms with Gasteiger partial charge in [0.05, 0.1) is 25.9 Å². The lowest BCUT2D eigenvalue weighted by Crippen LogP contribution is -2.44. The van der Waals surface area contributed by atoms with E-state index < -0.39 is 0 Å². The fourth-order valence-corrected chi connectivity index (χ4v) is 3.87. The Morgan fingerprint density at radius 1 is 0.906 bits per heavy atom. The van der Waals surface area contributed by atoms with E-state index in [2.05, 4.69) is 17.4 Å². The van der Waals surface area contributed by atoms with Gasteiger partial charge < -0.3 is 24.4 Å². The second-order valence-electron chi connectivity index (χ2n) is 7.58. The molecule has 0 fully saturated rings. The Morgan fingerprint density at radius 2 is 1.69 bits per heavy atom. The fraction of sp³-hybridized carbons (Fsp3) is 0.269. The maximum Gasteiger partial charge on any atom is 0.257 e. The molecular weight excluding hydrogens is 404 g/mol. The van der Waals surface area contributed by atoms with E-state index in [1.807, 2.05) is 60.7 Å². The number of rotatable bonds is 9. The van der Waals surface area contributed by atoms with Crippen LogP contribution in [0.25, 0.3) is 0 Å². The minimum atomic E-state index is -0.334. The number of hydrogen-bond donors (Lipinski definition) is 1. The number of nitrogens with one attached hydrogen (secondary N) is 1. The summed E-state index contributed by atoms with van der Waals surface area (Å²) in [4.78, 5) is 15.0. The highest BCUT2D eigenvalue weighted by molar-refractivity contribution is 6.01. The molecule has 0 spiro atoms. The number of ether oxygens (including phenoxy) is 3. The number of para-hydroxylation sites is 1. The normalized spacial score (nSPS) is 15.1. The minimum absolute atomic E-state index is 0.0245. The molecule has 1 aliphatic heterocycles. The molecule has 0 saturated heterocycles. The second-order valence-corrected chi connectivity index (χ2v) is 7.58. The Morgan fingerprint density at radius 3 is 2.47 bits per heavy atom. The molecule has 3 aromatic carbocycles. The quantitative estimate of drug-likeness (QED) is 0.538. The molecule has 6 nitrogen and oxygen atoms in total. The molecule has 166 valence electrons. The van der Waals surface area contributed by atoms with Crippen molar-refractivity contribution in [3.8, 4) is 11.5 Å². The maximum absolute atomic E-state index is 13.2. The molecule has 6 heteroatoms. The van der Waals surface area contributed by atoms with Crippen LogP contribution in [0.3, 0.4) is 0 Å². The SMILES string of the molecule is COCCN1C(=O)c2ccccc2NC1c1ccc(OCCc2ccccc2)c(OC)c1. The summed E-state index contributed by atoms with van der Waals surface area (Å²) in [5.74, 6) is 1.29. The highest BCUT2D eigenvalue weighted by Gasteiger charge is 2.33. The van der Waals surface area contributed by atoms with Crippen LogP contribution in [-0.4, -0.2) is 44.8 Å². The molecule has 1 N–H and O–H groups in total. The molecule has 0 aromatic heterocycles. The molecule has 0 radical (unpaired) electrons. The zero-order valence-corrected chi connectivity index (χ0v) is 18.4. The average Bonchev–Trinajstić information content (AvgIpc) is 2.84. The van der Waals surface area contributed by atoms with Crippen molar-refractivity contribution in [2.75, 3.05) is 39.3 Å². The van der Waals surface area contributed by atoms with Crippen LogP contribution in [0.2, 0.25) is 0 Å². The predicted octanol–water partition coefficient (Wildman–Crippen LogP) is 4.53. The summed E-state index contributed by atoms with van der Waals surface area (Å²) in [5.41, 5.74) is 3.61. The summed E-state index contributed by atoms with van der Waals surface area (Å²) in [5, 5.41) is 3.49. The van der Waals surface area contributed by atoms with E-state index in [9.17, 15) is 4.79 Å². The molecule has 1 heterocycles. The molecule has 1 atom stereocenters. The van der Waals surface area contributed by atoms with Gasteiger partial charge in [0.2, 0.25) is 0 Å². The molecule has 1 aliphatic rings. The van der Waals surface area contributed by atoms with Gasteiger partial charge >= 0.3 is 0 Å². The standard InChI is InChI=1S/C26H28N2O4/c1-30-17-15-28-25(27-22-11-7-6-10-21(22)26(28)29)20-12-13-23(24(18-20)31-2)32-16-14-19-8-4-3-5-9-19/h3-13,18,25,27H,14-17H2,1-2H3. The Labute approximate surface area is 188 Å². The van der Waals surface area contributed by atoms with Gasteiger partial charge in [-0.05, 0) is 35.4 Å². The van der Waals surface area contributed by atoms with Crippen molar-refractivity contribution < 1.29 is 19.0 Å². The van der Waals surface area contributed by atoms with Crippen molar-refractivity contribution in [3.05, 3.63) is 89.5 Å². The second kappa shape index (κ2) is 10.2. The van der Waals surface area contributed by atoms with Gasteiger partial charge in [0.1, 0.15) is 6.17 Å². The molecule has 1 unspecified atom stereocenters. The van der Waals surface area contributed by atoms with Crippen molar-refractivity contribution in [2.45, 2.75) is 12.6 Å². The molecular formula is C26H28N2O4. The summed E-state index contributed by atoms with van der Waals surface area (Å²) >= 11 is 0. The van der Waals surface area contributed by atoms with E-state index in [1.54, 1.807) is 19.1 Å². The fourth-order valence-electron chi connectivity index (χ4n) is 3.87. The summed E-state index contributed by atoms with van der Waals surface area (Å²) in [6.07, 6.45) is 0.478. The van der Waals surface area contributed by atoms with Gasteiger partial charge in [-0.3, -0.25) is 4.79 Å². The van der Waals surface area contributed by atoms with E-state index in [0.717, 1.165) is 17.7 Å². The van der Waals surface area contributed by atoms with Crippen LogP contribution < -0.4 is 14.8 Å². The van der Waals surface area contributed by atoms with Crippen LogP contribution >= 0.6 is 0 Å². The van der Waals surface area contributed by atoms with Crippen molar-refractivity contribution in [2.24, 2.45) is 0 Å². The number of fused-ring (bicyclic) bond motifs is 1. The van der Waals surface area contributed by atoms with E-state index in [4.69, 9.17) is 14.2 Å². The zero-order valence-electron chi connectivity index (χ0n) is 18.4. The average molecular weight is 433 g/mol. The first kappa shape index (κ1) is 21.7. The number of methoxy groups -OCH3 is 2. The lowest BCUT2D eigenvalue weighted by Gasteiger charge is -2.38. The highest BCUT2D eigenvalue weighted by Crippen LogP contribution is 2.36. The third kappa shape index (κ3) is 4.70. The molecule has 1 amide bonds. The van der Waals surface area contributed by atoms with Crippen LogP contribution in [0.4, 0.5) is 5.69 Å². The van der Waals surface area contributed by atoms with E-state index in [1.165, 1.54) is 5.56 Å². The topological polar surface area (TPSA) is 60.0 Å². The van der Waals surface area contributed by atoms with E-state index >= 15 is 0 Å². The first-order valence-corrected chi connectivity index (χ1v) is 10.7.